The fraction of sp³-hybridized carbons (Fsp3) is 0.692. The van der Waals surface area contributed by atoms with Crippen LogP contribution in [0.5, 0.6) is 0 Å². The van der Waals surface area contributed by atoms with E-state index in [2.05, 4.69) is 20.2 Å². The van der Waals surface area contributed by atoms with Crippen molar-refractivity contribution in [3.63, 3.8) is 0 Å². The van der Waals surface area contributed by atoms with Crippen LogP contribution < -0.4 is 5.32 Å². The highest BCUT2D eigenvalue weighted by Crippen LogP contribution is 2.12. The summed E-state index contributed by atoms with van der Waals surface area (Å²) in [7, 11) is 1.80. The van der Waals surface area contributed by atoms with Crippen molar-refractivity contribution in [3.05, 3.63) is 18.0 Å². The Bertz CT molecular complexity index is 347. The number of methoxy groups -OCH3 is 1. The van der Waals surface area contributed by atoms with Crippen LogP contribution in [-0.4, -0.2) is 54.3 Å². The number of likely N-dealkylation sites (tertiary alicyclic amines) is 1. The van der Waals surface area contributed by atoms with Gasteiger partial charge in [0.15, 0.2) is 0 Å². The van der Waals surface area contributed by atoms with Gasteiger partial charge < -0.3 is 15.0 Å². The van der Waals surface area contributed by atoms with Gasteiger partial charge in [-0.2, -0.15) is 0 Å². The van der Waals surface area contributed by atoms with Crippen LogP contribution in [0.2, 0.25) is 0 Å². The number of anilines is 1. The van der Waals surface area contributed by atoms with E-state index >= 15 is 0 Å². The Morgan fingerprint density at radius 1 is 1.33 bits per heavy atom. The summed E-state index contributed by atoms with van der Waals surface area (Å²) in [6.45, 7) is 6.15. The van der Waals surface area contributed by atoms with Crippen molar-refractivity contribution in [2.24, 2.45) is 0 Å². The predicted molar refractivity (Wildman–Crippen MR) is 71.7 cm³/mol. The minimum Gasteiger partial charge on any atom is -0.381 e. The molecule has 1 aliphatic heterocycles. The van der Waals surface area contributed by atoms with Crippen LogP contribution >= 0.6 is 0 Å². The molecule has 0 aliphatic carbocycles. The van der Waals surface area contributed by atoms with Crippen LogP contribution in [0.3, 0.4) is 0 Å². The van der Waals surface area contributed by atoms with Crippen molar-refractivity contribution in [3.8, 4) is 0 Å². The second-order valence-electron chi connectivity index (χ2n) is 4.79. The third-order valence-corrected chi connectivity index (χ3v) is 3.36. The Morgan fingerprint density at radius 3 is 2.61 bits per heavy atom. The molecule has 0 aromatic carbocycles. The van der Waals surface area contributed by atoms with Gasteiger partial charge in [0.2, 0.25) is 5.95 Å². The van der Waals surface area contributed by atoms with Crippen molar-refractivity contribution < 1.29 is 4.74 Å². The maximum Gasteiger partial charge on any atom is 0.222 e. The number of piperidine rings is 1. The zero-order valence-corrected chi connectivity index (χ0v) is 11.2. The second-order valence-corrected chi connectivity index (χ2v) is 4.79. The number of nitrogens with one attached hydrogen (secondary N) is 1. The molecule has 0 amide bonds. The number of rotatable bonds is 5. The quantitative estimate of drug-likeness (QED) is 0.854. The van der Waals surface area contributed by atoms with E-state index in [-0.39, 0.29) is 0 Å². The molecular formula is C13H22N4O. The van der Waals surface area contributed by atoms with E-state index in [1.165, 1.54) is 0 Å². The van der Waals surface area contributed by atoms with E-state index in [4.69, 9.17) is 4.74 Å². The Hall–Kier alpha value is -1.20. The molecule has 0 unspecified atom stereocenters. The highest BCUT2D eigenvalue weighted by Gasteiger charge is 2.17. The molecule has 2 rings (SSSR count). The van der Waals surface area contributed by atoms with E-state index in [9.17, 15) is 0 Å². The molecule has 0 spiro atoms. The normalized spacial score (nSPS) is 17.9. The van der Waals surface area contributed by atoms with Gasteiger partial charge in [-0.1, -0.05) is 0 Å². The Labute approximate surface area is 109 Å². The first-order valence-electron chi connectivity index (χ1n) is 6.55. The van der Waals surface area contributed by atoms with Gasteiger partial charge in [-0.25, -0.2) is 9.97 Å². The summed E-state index contributed by atoms with van der Waals surface area (Å²) in [5.74, 6) is 0.715. The predicted octanol–water partition coefficient (Wildman–Crippen LogP) is 1.31. The van der Waals surface area contributed by atoms with Gasteiger partial charge in [-0.15, -0.1) is 0 Å². The molecule has 100 valence electrons. The smallest absolute Gasteiger partial charge is 0.222 e. The highest BCUT2D eigenvalue weighted by atomic mass is 16.5. The first kappa shape index (κ1) is 13.2. The summed E-state index contributed by atoms with van der Waals surface area (Å²) < 4.78 is 5.36. The Morgan fingerprint density at radius 2 is 2.00 bits per heavy atom. The van der Waals surface area contributed by atoms with Gasteiger partial charge in [0.25, 0.3) is 0 Å². The van der Waals surface area contributed by atoms with E-state index < -0.39 is 0 Å². The third kappa shape index (κ3) is 3.92. The fourth-order valence-electron chi connectivity index (χ4n) is 2.18. The Kier molecular flexibility index (Phi) is 4.90. The lowest BCUT2D eigenvalue weighted by atomic mass is 10.1. The van der Waals surface area contributed by atoms with E-state index in [0.717, 1.165) is 44.6 Å². The van der Waals surface area contributed by atoms with Gasteiger partial charge in [0.05, 0.1) is 6.10 Å². The van der Waals surface area contributed by atoms with Gasteiger partial charge >= 0.3 is 0 Å². The molecule has 5 nitrogen and oxygen atoms in total. The largest absolute Gasteiger partial charge is 0.381 e. The molecule has 0 bridgehead atoms. The number of hydrogen-bond donors (Lipinski definition) is 1. The fourth-order valence-corrected chi connectivity index (χ4v) is 2.18. The second kappa shape index (κ2) is 6.66. The molecule has 1 saturated heterocycles. The standard InChI is InChI=1S/C13H22N4O/c1-11-9-15-13(16-10-11)14-5-8-17-6-3-12(18-2)4-7-17/h9-10,12H,3-8H2,1-2H3,(H,14,15,16). The van der Waals surface area contributed by atoms with Crippen LogP contribution in [0, 0.1) is 6.92 Å². The third-order valence-electron chi connectivity index (χ3n) is 3.36. The number of ether oxygens (including phenoxy) is 1. The lowest BCUT2D eigenvalue weighted by molar-refractivity contribution is 0.0423. The molecule has 5 heteroatoms. The molecule has 1 aromatic heterocycles. The van der Waals surface area contributed by atoms with Gasteiger partial charge in [-0.05, 0) is 25.3 Å². The van der Waals surface area contributed by atoms with Crippen LogP contribution in [0.25, 0.3) is 0 Å². The van der Waals surface area contributed by atoms with Crippen LogP contribution in [0.1, 0.15) is 18.4 Å². The Balaban J connectivity index is 1.65. The molecule has 1 aromatic rings. The van der Waals surface area contributed by atoms with Crippen molar-refractivity contribution >= 4 is 5.95 Å². The lowest BCUT2D eigenvalue weighted by Gasteiger charge is -2.31. The zero-order chi connectivity index (χ0) is 12.8. The summed E-state index contributed by atoms with van der Waals surface area (Å²) in [6.07, 6.45) is 6.39. The minimum atomic E-state index is 0.453. The minimum absolute atomic E-state index is 0.453. The lowest BCUT2D eigenvalue weighted by Crippen LogP contribution is -2.39. The molecule has 0 radical (unpaired) electrons. The van der Waals surface area contributed by atoms with Crippen molar-refractivity contribution in [1.82, 2.24) is 14.9 Å². The number of aryl methyl sites for hydroxylation is 1. The van der Waals surface area contributed by atoms with Gasteiger partial charge in [0, 0.05) is 45.7 Å². The molecule has 18 heavy (non-hydrogen) atoms. The maximum absolute atomic E-state index is 5.36. The SMILES string of the molecule is COC1CCN(CCNc2ncc(C)cn2)CC1. The van der Waals surface area contributed by atoms with E-state index in [0.29, 0.717) is 12.1 Å². The number of hydrogen-bond acceptors (Lipinski definition) is 5. The summed E-state index contributed by atoms with van der Waals surface area (Å²) in [5, 5.41) is 3.25. The van der Waals surface area contributed by atoms with Gasteiger partial charge in [0.1, 0.15) is 0 Å². The van der Waals surface area contributed by atoms with Crippen LogP contribution in [-0.2, 0) is 4.74 Å². The van der Waals surface area contributed by atoms with Crippen LogP contribution in [0.4, 0.5) is 5.95 Å². The molecule has 1 N–H and O–H groups in total. The summed E-state index contributed by atoms with van der Waals surface area (Å²) in [4.78, 5) is 10.9. The molecule has 1 fully saturated rings. The summed E-state index contributed by atoms with van der Waals surface area (Å²) in [5.41, 5.74) is 1.09. The molecule has 2 heterocycles. The summed E-state index contributed by atoms with van der Waals surface area (Å²) >= 11 is 0. The topological polar surface area (TPSA) is 50.3 Å². The first-order valence-corrected chi connectivity index (χ1v) is 6.55. The molecule has 0 atom stereocenters. The zero-order valence-electron chi connectivity index (χ0n) is 11.2. The van der Waals surface area contributed by atoms with Crippen LogP contribution in [0.15, 0.2) is 12.4 Å². The molecular weight excluding hydrogens is 228 g/mol. The first-order chi connectivity index (χ1) is 8.78. The summed E-state index contributed by atoms with van der Waals surface area (Å²) in [6, 6.07) is 0. The maximum atomic E-state index is 5.36. The monoisotopic (exact) mass is 250 g/mol. The van der Waals surface area contributed by atoms with E-state index in [1.54, 1.807) is 7.11 Å². The van der Waals surface area contributed by atoms with Crippen molar-refractivity contribution in [2.45, 2.75) is 25.9 Å². The molecule has 0 saturated carbocycles. The van der Waals surface area contributed by atoms with Crippen molar-refractivity contribution in [2.75, 3.05) is 38.6 Å². The molecule has 1 aliphatic rings. The van der Waals surface area contributed by atoms with Crippen molar-refractivity contribution in [1.29, 1.82) is 0 Å². The number of nitrogens with zero attached hydrogens (tertiary/aromatic N) is 3. The van der Waals surface area contributed by atoms with E-state index in [1.807, 2.05) is 19.3 Å². The number of aromatic nitrogens is 2. The van der Waals surface area contributed by atoms with Gasteiger partial charge in [-0.3, -0.25) is 0 Å². The average molecular weight is 250 g/mol. The highest BCUT2D eigenvalue weighted by molar-refractivity contribution is 5.23. The average Bonchev–Trinajstić information content (AvgIpc) is 2.42.